The van der Waals surface area contributed by atoms with E-state index in [1.54, 1.807) is 0 Å². The van der Waals surface area contributed by atoms with E-state index in [0.717, 1.165) is 24.3 Å². The normalized spacial score (nSPS) is 16.4. The smallest absolute Gasteiger partial charge is 0.174 e. The van der Waals surface area contributed by atoms with E-state index in [9.17, 15) is 0 Å². The molecule has 0 amide bonds. The molecule has 0 saturated carbocycles. The van der Waals surface area contributed by atoms with Crippen LogP contribution < -0.4 is 5.32 Å². The second-order valence-corrected chi connectivity index (χ2v) is 6.71. The molecule has 0 radical (unpaired) electrons. The van der Waals surface area contributed by atoms with E-state index in [-0.39, 0.29) is 6.04 Å². The van der Waals surface area contributed by atoms with E-state index >= 15 is 0 Å². The van der Waals surface area contributed by atoms with Gasteiger partial charge in [0.2, 0.25) is 0 Å². The number of hydrogen-bond acceptors (Lipinski definition) is 2. The van der Waals surface area contributed by atoms with E-state index < -0.39 is 0 Å². The first-order chi connectivity index (χ1) is 12.2. The van der Waals surface area contributed by atoms with Gasteiger partial charge in [0.15, 0.2) is 5.11 Å². The quantitative estimate of drug-likeness (QED) is 0.682. The lowest BCUT2D eigenvalue weighted by molar-refractivity contribution is 0.293. The highest BCUT2D eigenvalue weighted by atomic mass is 35.5. The first-order valence-electron chi connectivity index (χ1n) is 8.11. The maximum atomic E-state index is 6.27. The molecule has 1 aromatic carbocycles. The summed E-state index contributed by atoms with van der Waals surface area (Å²) in [5.74, 6) is 0. The second-order valence-electron chi connectivity index (χ2n) is 5.91. The van der Waals surface area contributed by atoms with Crippen LogP contribution in [0, 0.1) is 0 Å². The largest absolute Gasteiger partial charge is 0.348 e. The Hall–Kier alpha value is -2.37. The van der Waals surface area contributed by atoms with E-state index in [2.05, 4.69) is 38.1 Å². The highest BCUT2D eigenvalue weighted by Gasteiger charge is 2.30. The summed E-state index contributed by atoms with van der Waals surface area (Å²) in [5.41, 5.74) is 3.21. The molecule has 0 spiro atoms. The molecule has 6 heteroatoms. The van der Waals surface area contributed by atoms with Crippen LogP contribution in [0.15, 0.2) is 67.1 Å². The average Bonchev–Trinajstić information content (AvgIpc) is 3.12. The third-order valence-corrected chi connectivity index (χ3v) is 5.10. The van der Waals surface area contributed by atoms with Gasteiger partial charge in [-0.3, -0.25) is 4.98 Å². The summed E-state index contributed by atoms with van der Waals surface area (Å²) in [6.45, 7) is 1.72. The zero-order valence-electron chi connectivity index (χ0n) is 13.5. The number of benzene rings is 1. The molecule has 1 N–H and O–H groups in total. The fourth-order valence-electron chi connectivity index (χ4n) is 3.25. The van der Waals surface area contributed by atoms with E-state index in [1.165, 1.54) is 5.69 Å². The predicted molar refractivity (Wildman–Crippen MR) is 105 cm³/mol. The van der Waals surface area contributed by atoms with Crippen LogP contribution in [0.1, 0.15) is 17.3 Å². The Morgan fingerprint density at radius 1 is 1.08 bits per heavy atom. The molecule has 25 heavy (non-hydrogen) atoms. The van der Waals surface area contributed by atoms with Crippen molar-refractivity contribution in [3.05, 3.63) is 83.4 Å². The minimum absolute atomic E-state index is 0.0502. The molecule has 0 bridgehead atoms. The molecule has 3 aromatic rings. The van der Waals surface area contributed by atoms with Gasteiger partial charge in [0.1, 0.15) is 0 Å². The van der Waals surface area contributed by atoms with Crippen LogP contribution in [0.5, 0.6) is 0 Å². The lowest BCUT2D eigenvalue weighted by Gasteiger charge is -2.39. The van der Waals surface area contributed by atoms with Crippen LogP contribution in [0.4, 0.5) is 5.69 Å². The van der Waals surface area contributed by atoms with Gasteiger partial charge in [0.05, 0.1) is 16.8 Å². The molecule has 4 rings (SSSR count). The molecular weight excluding hydrogens is 352 g/mol. The number of para-hydroxylation sites is 1. The molecule has 0 unspecified atom stereocenters. The van der Waals surface area contributed by atoms with Crippen LogP contribution in [0.3, 0.4) is 0 Å². The number of rotatable bonds is 2. The van der Waals surface area contributed by atoms with Crippen molar-refractivity contribution in [3.63, 3.8) is 0 Å². The Morgan fingerprint density at radius 3 is 2.68 bits per heavy atom. The number of pyridine rings is 1. The zero-order valence-corrected chi connectivity index (χ0v) is 15.0. The fraction of sp³-hybridized carbons (Fsp3) is 0.158. The second kappa shape index (κ2) is 6.86. The van der Waals surface area contributed by atoms with Gasteiger partial charge >= 0.3 is 0 Å². The van der Waals surface area contributed by atoms with Crippen LogP contribution in [-0.4, -0.2) is 26.1 Å². The van der Waals surface area contributed by atoms with Crippen LogP contribution in [0.25, 0.3) is 0 Å². The minimum Gasteiger partial charge on any atom is -0.348 e. The number of anilines is 1. The van der Waals surface area contributed by atoms with Crippen molar-refractivity contribution in [1.82, 2.24) is 14.5 Å². The molecule has 1 atom stereocenters. The Balaban J connectivity index is 1.68. The molecule has 2 aromatic heterocycles. The SMILES string of the molecule is S=C(Nc1ccccc1Cl)N1CCn2cccc2[C@H]1c1ccncc1. The van der Waals surface area contributed by atoms with Crippen LogP contribution in [0.2, 0.25) is 5.02 Å². The Bertz CT molecular complexity index is 893. The summed E-state index contributed by atoms with van der Waals surface area (Å²) in [4.78, 5) is 6.35. The lowest BCUT2D eigenvalue weighted by atomic mass is 10.0. The monoisotopic (exact) mass is 368 g/mol. The summed E-state index contributed by atoms with van der Waals surface area (Å²) in [6.07, 6.45) is 5.76. The van der Waals surface area contributed by atoms with Gasteiger partial charge in [-0.05, 0) is 54.2 Å². The van der Waals surface area contributed by atoms with Crippen molar-refractivity contribution in [2.75, 3.05) is 11.9 Å². The predicted octanol–water partition coefficient (Wildman–Crippen LogP) is 4.34. The van der Waals surface area contributed by atoms with Gasteiger partial charge in [0.25, 0.3) is 0 Å². The molecule has 0 aliphatic carbocycles. The number of nitrogens with one attached hydrogen (secondary N) is 1. The number of nitrogens with zero attached hydrogens (tertiary/aromatic N) is 3. The van der Waals surface area contributed by atoms with Crippen molar-refractivity contribution >= 4 is 34.6 Å². The third kappa shape index (κ3) is 3.13. The highest BCUT2D eigenvalue weighted by molar-refractivity contribution is 7.80. The Kier molecular flexibility index (Phi) is 4.42. The third-order valence-electron chi connectivity index (χ3n) is 4.44. The molecule has 3 heterocycles. The number of thiocarbonyl (C=S) groups is 1. The molecular formula is C19H17ClN4S. The first-order valence-corrected chi connectivity index (χ1v) is 8.90. The van der Waals surface area contributed by atoms with Crippen molar-refractivity contribution in [3.8, 4) is 0 Å². The highest BCUT2D eigenvalue weighted by Crippen LogP contribution is 2.33. The summed E-state index contributed by atoms with van der Waals surface area (Å²) >= 11 is 12.0. The van der Waals surface area contributed by atoms with Crippen molar-refractivity contribution in [1.29, 1.82) is 0 Å². The van der Waals surface area contributed by atoms with Gasteiger partial charge in [-0.25, -0.2) is 0 Å². The fourth-order valence-corrected chi connectivity index (χ4v) is 3.74. The minimum atomic E-state index is 0.0502. The molecule has 0 saturated heterocycles. The van der Waals surface area contributed by atoms with Crippen molar-refractivity contribution in [2.24, 2.45) is 0 Å². The summed E-state index contributed by atoms with van der Waals surface area (Å²) in [7, 11) is 0. The number of aromatic nitrogens is 2. The first kappa shape index (κ1) is 16.1. The van der Waals surface area contributed by atoms with Crippen LogP contribution in [-0.2, 0) is 6.54 Å². The lowest BCUT2D eigenvalue weighted by Crippen LogP contribution is -2.44. The number of fused-ring (bicyclic) bond motifs is 1. The van der Waals surface area contributed by atoms with Crippen molar-refractivity contribution < 1.29 is 0 Å². The molecule has 1 aliphatic heterocycles. The zero-order chi connectivity index (χ0) is 17.2. The van der Waals surface area contributed by atoms with Gasteiger partial charge in [-0.2, -0.15) is 0 Å². The summed E-state index contributed by atoms with van der Waals surface area (Å²) in [6, 6.07) is 16.0. The van der Waals surface area contributed by atoms with E-state index in [1.807, 2.05) is 48.8 Å². The van der Waals surface area contributed by atoms with Gasteiger partial charge < -0.3 is 14.8 Å². The number of halogens is 1. The van der Waals surface area contributed by atoms with Gasteiger partial charge in [-0.1, -0.05) is 23.7 Å². The van der Waals surface area contributed by atoms with Gasteiger partial charge in [-0.15, -0.1) is 0 Å². The van der Waals surface area contributed by atoms with Crippen LogP contribution >= 0.6 is 23.8 Å². The van der Waals surface area contributed by atoms with E-state index in [0.29, 0.717) is 10.1 Å². The molecule has 4 nitrogen and oxygen atoms in total. The topological polar surface area (TPSA) is 33.1 Å². The maximum Gasteiger partial charge on any atom is 0.174 e. The summed E-state index contributed by atoms with van der Waals surface area (Å²) in [5, 5.41) is 4.63. The molecule has 0 fully saturated rings. The van der Waals surface area contributed by atoms with Crippen molar-refractivity contribution in [2.45, 2.75) is 12.6 Å². The number of hydrogen-bond donors (Lipinski definition) is 1. The summed E-state index contributed by atoms with van der Waals surface area (Å²) < 4.78 is 2.28. The average molecular weight is 369 g/mol. The Morgan fingerprint density at radius 2 is 1.88 bits per heavy atom. The maximum absolute atomic E-state index is 6.27. The standard InChI is InChI=1S/C19H17ClN4S/c20-15-4-1-2-5-16(15)22-19(25)24-13-12-23-11-3-6-17(23)18(24)14-7-9-21-10-8-14/h1-11,18H,12-13H2,(H,22,25)/t18-/m1/s1. The molecule has 1 aliphatic rings. The molecule has 126 valence electrons. The van der Waals surface area contributed by atoms with E-state index in [4.69, 9.17) is 23.8 Å². The van der Waals surface area contributed by atoms with Gasteiger partial charge in [0, 0.05) is 37.4 Å². The Labute approximate surface area is 157 Å².